The molecule has 4 aromatic rings. The average molecular weight is 483 g/mol. The number of amides is 1. The molecule has 184 valence electrons. The van der Waals surface area contributed by atoms with Crippen LogP contribution in [-0.2, 0) is 11.2 Å². The topological polar surface area (TPSA) is 76.4 Å². The number of hydrogen-bond donors (Lipinski definition) is 0. The molecule has 4 heterocycles. The van der Waals surface area contributed by atoms with Gasteiger partial charge in [0.1, 0.15) is 11.3 Å². The molecule has 8 heteroatoms. The summed E-state index contributed by atoms with van der Waals surface area (Å²) in [4.78, 5) is 17.6. The van der Waals surface area contributed by atoms with Crippen molar-refractivity contribution < 1.29 is 9.53 Å². The zero-order chi connectivity index (χ0) is 24.8. The molecule has 36 heavy (non-hydrogen) atoms. The molecule has 0 aliphatic carbocycles. The maximum Gasteiger partial charge on any atom is 0.230 e. The van der Waals surface area contributed by atoms with Gasteiger partial charge >= 0.3 is 0 Å². The van der Waals surface area contributed by atoms with Crippen molar-refractivity contribution in [1.82, 2.24) is 20.0 Å². The van der Waals surface area contributed by atoms with Crippen LogP contribution in [0.25, 0.3) is 16.6 Å². The molecule has 0 bridgehead atoms. The Bertz CT molecular complexity index is 1440. The van der Waals surface area contributed by atoms with Gasteiger partial charge in [0.05, 0.1) is 29.6 Å². The Balaban J connectivity index is 1.24. The highest BCUT2D eigenvalue weighted by Gasteiger charge is 2.33. The quantitative estimate of drug-likeness (QED) is 0.433. The molecule has 0 saturated carbocycles. The number of hydrogen-bond acceptors (Lipinski definition) is 6. The van der Waals surface area contributed by atoms with Gasteiger partial charge in [-0.3, -0.25) is 4.79 Å². The van der Waals surface area contributed by atoms with E-state index in [1.165, 1.54) is 5.56 Å². The molecule has 2 aliphatic rings. The van der Waals surface area contributed by atoms with Crippen LogP contribution in [0.4, 0.5) is 11.5 Å². The molecule has 8 nitrogen and oxygen atoms in total. The number of aromatic nitrogens is 4. The number of benzene rings is 2. The maximum atomic E-state index is 13.4. The first kappa shape index (κ1) is 22.5. The van der Waals surface area contributed by atoms with E-state index >= 15 is 0 Å². The fourth-order valence-electron chi connectivity index (χ4n) is 5.63. The van der Waals surface area contributed by atoms with Gasteiger partial charge in [0.25, 0.3) is 0 Å². The molecular formula is C28H30N6O2. The number of carbonyl (C=O) groups excluding carboxylic acids is 1. The highest BCUT2D eigenvalue weighted by molar-refractivity contribution is 5.97. The summed E-state index contributed by atoms with van der Waals surface area (Å²) in [5, 5.41) is 15.1. The van der Waals surface area contributed by atoms with Crippen LogP contribution in [0.5, 0.6) is 5.75 Å². The lowest BCUT2D eigenvalue weighted by molar-refractivity contribution is -0.122. The minimum atomic E-state index is 0.0277. The zero-order valence-corrected chi connectivity index (χ0v) is 20.9. The largest absolute Gasteiger partial charge is 0.497 e. The van der Waals surface area contributed by atoms with Crippen LogP contribution in [0.1, 0.15) is 29.8 Å². The Labute approximate surface area is 210 Å². The van der Waals surface area contributed by atoms with Crippen LogP contribution >= 0.6 is 0 Å². The van der Waals surface area contributed by atoms with E-state index in [9.17, 15) is 4.79 Å². The van der Waals surface area contributed by atoms with Crippen LogP contribution in [0.2, 0.25) is 0 Å². The summed E-state index contributed by atoms with van der Waals surface area (Å²) >= 11 is 0. The first-order valence-corrected chi connectivity index (χ1v) is 12.6. The van der Waals surface area contributed by atoms with E-state index in [-0.39, 0.29) is 11.8 Å². The van der Waals surface area contributed by atoms with Gasteiger partial charge in [-0.15, -0.1) is 5.10 Å². The highest BCUT2D eigenvalue weighted by Crippen LogP contribution is 2.34. The molecule has 1 amide bonds. The molecule has 2 aromatic heterocycles. The molecule has 6 rings (SSSR count). The Morgan fingerprint density at radius 3 is 2.47 bits per heavy atom. The van der Waals surface area contributed by atoms with Crippen molar-refractivity contribution in [1.29, 1.82) is 0 Å². The van der Waals surface area contributed by atoms with Crippen LogP contribution < -0.4 is 14.5 Å². The number of carbonyl (C=O) groups is 1. The van der Waals surface area contributed by atoms with Gasteiger partial charge < -0.3 is 14.5 Å². The molecule has 2 aromatic carbocycles. The molecule has 1 fully saturated rings. The number of piperidine rings is 1. The summed E-state index contributed by atoms with van der Waals surface area (Å²) in [6.07, 6.45) is 2.54. The zero-order valence-electron chi connectivity index (χ0n) is 20.9. The fraction of sp³-hybridized carbons (Fsp3) is 0.357. The van der Waals surface area contributed by atoms with Gasteiger partial charge in [-0.25, -0.2) is 4.68 Å². The summed E-state index contributed by atoms with van der Waals surface area (Å²) in [7, 11) is 1.66. The number of para-hydroxylation sites is 1. The molecule has 2 aliphatic heterocycles. The van der Waals surface area contributed by atoms with E-state index in [1.807, 2.05) is 52.9 Å². The average Bonchev–Trinajstić information content (AvgIpc) is 3.51. The number of nitrogens with zero attached hydrogens (tertiary/aromatic N) is 6. The van der Waals surface area contributed by atoms with Gasteiger partial charge in [-0.05, 0) is 69.0 Å². The molecule has 1 saturated heterocycles. The lowest BCUT2D eigenvalue weighted by Gasteiger charge is -2.33. The van der Waals surface area contributed by atoms with E-state index in [1.54, 1.807) is 7.11 Å². The first-order valence-electron chi connectivity index (χ1n) is 12.6. The number of methoxy groups -OCH3 is 1. The second kappa shape index (κ2) is 8.93. The standard InChI is InChI=1S/C28H30N6O2/c1-18-25-19(2)34(22-8-10-23(36-3)11-9-22)31-26(25)27(30-29-18)32-15-12-21(13-16-32)28(35)33-17-14-20-6-4-5-7-24(20)33/h4-11,21H,12-17H2,1-3H3. The maximum absolute atomic E-state index is 13.4. The number of fused-ring (bicyclic) bond motifs is 2. The molecule has 0 radical (unpaired) electrons. The molecular weight excluding hydrogens is 452 g/mol. The third-order valence-corrected chi connectivity index (χ3v) is 7.60. The third kappa shape index (κ3) is 3.68. The second-order valence-corrected chi connectivity index (χ2v) is 9.66. The summed E-state index contributed by atoms with van der Waals surface area (Å²) in [5.41, 5.74) is 6.06. The van der Waals surface area contributed by atoms with Crippen molar-refractivity contribution in [2.75, 3.05) is 36.5 Å². The number of anilines is 2. The van der Waals surface area contributed by atoms with Crippen LogP contribution in [-0.4, -0.2) is 52.6 Å². The van der Waals surface area contributed by atoms with Crippen molar-refractivity contribution in [2.45, 2.75) is 33.1 Å². The van der Waals surface area contributed by atoms with Gasteiger partial charge in [-0.1, -0.05) is 18.2 Å². The molecule has 0 N–H and O–H groups in total. The van der Waals surface area contributed by atoms with Gasteiger partial charge in [0, 0.05) is 31.2 Å². The number of ether oxygens (including phenoxy) is 1. The minimum Gasteiger partial charge on any atom is -0.497 e. The predicted molar refractivity (Wildman–Crippen MR) is 140 cm³/mol. The lowest BCUT2D eigenvalue weighted by Crippen LogP contribution is -2.42. The third-order valence-electron chi connectivity index (χ3n) is 7.60. The van der Waals surface area contributed by atoms with E-state index < -0.39 is 0 Å². The van der Waals surface area contributed by atoms with E-state index in [0.717, 1.165) is 84.1 Å². The number of aryl methyl sites for hydroxylation is 2. The van der Waals surface area contributed by atoms with E-state index in [2.05, 4.69) is 34.2 Å². The van der Waals surface area contributed by atoms with Crippen molar-refractivity contribution in [3.8, 4) is 11.4 Å². The Kier molecular flexibility index (Phi) is 5.59. The lowest BCUT2D eigenvalue weighted by atomic mass is 9.95. The first-order chi connectivity index (χ1) is 17.5. The number of rotatable bonds is 4. The van der Waals surface area contributed by atoms with Gasteiger partial charge in [0.15, 0.2) is 5.82 Å². The van der Waals surface area contributed by atoms with E-state index in [0.29, 0.717) is 0 Å². The second-order valence-electron chi connectivity index (χ2n) is 9.66. The van der Waals surface area contributed by atoms with Crippen molar-refractivity contribution in [3.63, 3.8) is 0 Å². The van der Waals surface area contributed by atoms with Crippen molar-refractivity contribution in [3.05, 3.63) is 65.5 Å². The molecule has 0 unspecified atom stereocenters. The monoisotopic (exact) mass is 482 g/mol. The highest BCUT2D eigenvalue weighted by atomic mass is 16.5. The summed E-state index contributed by atoms with van der Waals surface area (Å²) in [5.74, 6) is 1.88. The summed E-state index contributed by atoms with van der Waals surface area (Å²) in [6, 6.07) is 16.1. The normalized spacial score (nSPS) is 16.0. The molecule has 0 spiro atoms. The van der Waals surface area contributed by atoms with Gasteiger partial charge in [0.2, 0.25) is 5.91 Å². The van der Waals surface area contributed by atoms with E-state index in [4.69, 9.17) is 9.84 Å². The summed E-state index contributed by atoms with van der Waals surface area (Å²) < 4.78 is 7.25. The summed E-state index contributed by atoms with van der Waals surface area (Å²) in [6.45, 7) is 6.34. The smallest absolute Gasteiger partial charge is 0.230 e. The van der Waals surface area contributed by atoms with Crippen molar-refractivity contribution >= 4 is 28.3 Å². The van der Waals surface area contributed by atoms with Crippen LogP contribution in [0.3, 0.4) is 0 Å². The van der Waals surface area contributed by atoms with Crippen LogP contribution in [0.15, 0.2) is 48.5 Å². The predicted octanol–water partition coefficient (Wildman–Crippen LogP) is 4.25. The Morgan fingerprint density at radius 1 is 0.972 bits per heavy atom. The van der Waals surface area contributed by atoms with Crippen molar-refractivity contribution in [2.24, 2.45) is 5.92 Å². The minimum absolute atomic E-state index is 0.0277. The van der Waals surface area contributed by atoms with Crippen LogP contribution in [0, 0.1) is 19.8 Å². The fourth-order valence-corrected chi connectivity index (χ4v) is 5.63. The Hall–Kier alpha value is -3.94. The van der Waals surface area contributed by atoms with Gasteiger partial charge in [-0.2, -0.15) is 10.2 Å². The SMILES string of the molecule is COc1ccc(-n2nc3c(N4CCC(C(=O)N5CCc6ccccc65)CC4)nnc(C)c3c2C)cc1. The Morgan fingerprint density at radius 2 is 1.72 bits per heavy atom. The molecule has 0 atom stereocenters.